The van der Waals surface area contributed by atoms with Gasteiger partial charge in [-0.2, -0.15) is 0 Å². The van der Waals surface area contributed by atoms with E-state index in [0.29, 0.717) is 12.0 Å². The molecule has 4 heteroatoms. The molecule has 0 aromatic heterocycles. The third-order valence-electron chi connectivity index (χ3n) is 9.19. The summed E-state index contributed by atoms with van der Waals surface area (Å²) in [5.74, 6) is 7.55. The first-order chi connectivity index (χ1) is 18.2. The number of rotatable bonds is 10. The first-order valence-corrected chi connectivity index (χ1v) is 16.8. The molecule has 4 nitrogen and oxygen atoms in total. The molecular weight excluding hydrogens is 480 g/mol. The summed E-state index contributed by atoms with van der Waals surface area (Å²) in [5, 5.41) is 11.9. The first-order valence-electron chi connectivity index (χ1n) is 16.8. The van der Waals surface area contributed by atoms with Crippen molar-refractivity contribution in [3.63, 3.8) is 0 Å². The minimum Gasteiger partial charge on any atom is -0.481 e. The van der Waals surface area contributed by atoms with E-state index in [0.717, 1.165) is 66.2 Å². The molecule has 0 amide bonds. The van der Waals surface area contributed by atoms with Gasteiger partial charge < -0.3 is 16.2 Å². The van der Waals surface area contributed by atoms with Crippen molar-refractivity contribution in [3.8, 4) is 0 Å². The molecule has 4 N–H and O–H groups in total. The Morgan fingerprint density at radius 1 is 0.667 bits per heavy atom. The average molecular weight is 551 g/mol. The number of aliphatic carboxylic acids is 1. The molecular formula is C35H70N2O2. The van der Waals surface area contributed by atoms with Crippen LogP contribution in [0.2, 0.25) is 0 Å². The lowest BCUT2D eigenvalue weighted by molar-refractivity contribution is -0.146. The van der Waals surface area contributed by atoms with Crippen LogP contribution in [0.5, 0.6) is 0 Å². The Labute approximate surface area is 244 Å². The highest BCUT2D eigenvalue weighted by atomic mass is 16.4. The molecule has 0 aromatic rings. The highest BCUT2D eigenvalue weighted by Crippen LogP contribution is 2.38. The van der Waals surface area contributed by atoms with E-state index in [2.05, 4.69) is 74.7 Å². The van der Waals surface area contributed by atoms with Crippen molar-refractivity contribution in [1.82, 2.24) is 5.32 Å². The average Bonchev–Trinajstić information content (AvgIpc) is 2.71. The summed E-state index contributed by atoms with van der Waals surface area (Å²) in [7, 11) is 2.07. The van der Waals surface area contributed by atoms with Gasteiger partial charge in [0, 0.05) is 12.1 Å². The fourth-order valence-corrected chi connectivity index (χ4v) is 7.20. The SMILES string of the molecule is CC(C)CC1CC(C(=O)O)C1.CC(C)CC1CC(C)C1.CC(C)CC1CC(N)C1.CNC1CC(CC(C)C)C1. The topological polar surface area (TPSA) is 75.3 Å². The number of hydrogen-bond donors (Lipinski definition) is 3. The molecule has 0 spiro atoms. The molecule has 4 saturated carbocycles. The molecule has 0 radical (unpaired) electrons. The van der Waals surface area contributed by atoms with Crippen LogP contribution < -0.4 is 11.1 Å². The highest BCUT2D eigenvalue weighted by molar-refractivity contribution is 5.71. The first kappa shape index (κ1) is 36.4. The summed E-state index contributed by atoms with van der Waals surface area (Å²) in [4.78, 5) is 10.4. The van der Waals surface area contributed by atoms with E-state index in [1.54, 1.807) is 0 Å². The van der Waals surface area contributed by atoms with Crippen molar-refractivity contribution in [2.45, 2.75) is 151 Å². The summed E-state index contributed by atoms with van der Waals surface area (Å²) in [5.41, 5.74) is 5.64. The van der Waals surface area contributed by atoms with Gasteiger partial charge in [0.1, 0.15) is 0 Å². The standard InChI is InChI=1S/C9H19N.C9H16O2.C9H18.C8H17N/c1-7(2)4-8-5-9(6-8)10-3;1-6(2)3-7-4-8(5-7)9(10)11;1-7(2)4-9-5-8(3)6-9;1-6(2)3-7-4-8(9)5-7/h7-10H,4-6H2,1-3H3;6-8H,3-5H2,1-2H3,(H,10,11);7-9H,4-6H2,1-3H3;6-8H,3-5,9H2,1-2H3. The van der Waals surface area contributed by atoms with Crippen LogP contribution in [-0.4, -0.2) is 30.2 Å². The third-order valence-corrected chi connectivity index (χ3v) is 9.19. The monoisotopic (exact) mass is 551 g/mol. The van der Waals surface area contributed by atoms with E-state index in [1.807, 2.05) is 0 Å². The Balaban J connectivity index is 0.000000261. The summed E-state index contributed by atoms with van der Waals surface area (Å²) >= 11 is 0. The smallest absolute Gasteiger partial charge is 0.306 e. The van der Waals surface area contributed by atoms with E-state index in [1.165, 1.54) is 64.2 Å². The lowest BCUT2D eigenvalue weighted by atomic mass is 9.71. The van der Waals surface area contributed by atoms with Gasteiger partial charge in [0.05, 0.1) is 5.92 Å². The van der Waals surface area contributed by atoms with Crippen LogP contribution in [0.1, 0.15) is 139 Å². The van der Waals surface area contributed by atoms with Crippen LogP contribution in [0.4, 0.5) is 0 Å². The van der Waals surface area contributed by atoms with Gasteiger partial charge in [0.2, 0.25) is 0 Å². The predicted octanol–water partition coefficient (Wildman–Crippen LogP) is 9.02. The maximum atomic E-state index is 10.4. The van der Waals surface area contributed by atoms with Crippen LogP contribution in [0, 0.1) is 59.2 Å². The van der Waals surface area contributed by atoms with Gasteiger partial charge in [0.25, 0.3) is 0 Å². The summed E-state index contributed by atoms with van der Waals surface area (Å²) in [6.45, 7) is 20.6. The summed E-state index contributed by atoms with van der Waals surface area (Å²) in [6, 6.07) is 1.37. The lowest BCUT2D eigenvalue weighted by Gasteiger charge is -2.36. The Kier molecular flexibility index (Phi) is 17.5. The quantitative estimate of drug-likeness (QED) is 0.254. The molecule has 0 unspecified atom stereocenters. The van der Waals surface area contributed by atoms with E-state index in [9.17, 15) is 4.79 Å². The zero-order chi connectivity index (χ0) is 29.7. The summed E-state index contributed by atoms with van der Waals surface area (Å²) < 4.78 is 0. The minimum absolute atomic E-state index is 0.0289. The number of hydrogen-bond acceptors (Lipinski definition) is 3. The number of nitrogens with two attached hydrogens (primary N) is 1. The van der Waals surface area contributed by atoms with Crippen LogP contribution >= 0.6 is 0 Å². The minimum atomic E-state index is -0.606. The van der Waals surface area contributed by atoms with Crippen LogP contribution in [-0.2, 0) is 4.79 Å². The Morgan fingerprint density at radius 3 is 1.28 bits per heavy atom. The van der Waals surface area contributed by atoms with Gasteiger partial charge in [-0.1, -0.05) is 62.3 Å². The molecule has 0 aromatic carbocycles. The van der Waals surface area contributed by atoms with Gasteiger partial charge in [-0.25, -0.2) is 0 Å². The third kappa shape index (κ3) is 16.4. The van der Waals surface area contributed by atoms with Gasteiger partial charge in [-0.05, 0) is 137 Å². The molecule has 4 fully saturated rings. The van der Waals surface area contributed by atoms with Crippen molar-refractivity contribution in [2.75, 3.05) is 7.05 Å². The molecule has 0 heterocycles. The maximum absolute atomic E-state index is 10.4. The van der Waals surface area contributed by atoms with Crippen molar-refractivity contribution in [2.24, 2.45) is 64.9 Å². The van der Waals surface area contributed by atoms with Crippen LogP contribution in [0.3, 0.4) is 0 Å². The largest absolute Gasteiger partial charge is 0.481 e. The highest BCUT2D eigenvalue weighted by Gasteiger charge is 2.34. The van der Waals surface area contributed by atoms with E-state index in [4.69, 9.17) is 10.8 Å². The molecule has 4 aliphatic rings. The van der Waals surface area contributed by atoms with Crippen LogP contribution in [0.25, 0.3) is 0 Å². The van der Waals surface area contributed by atoms with Gasteiger partial charge in [0.15, 0.2) is 0 Å². The zero-order valence-electron chi connectivity index (χ0n) is 27.8. The number of carboxylic acid groups (broad SMARTS) is 1. The lowest BCUT2D eigenvalue weighted by Crippen LogP contribution is -2.39. The Hall–Kier alpha value is -0.610. The van der Waals surface area contributed by atoms with Crippen molar-refractivity contribution < 1.29 is 9.90 Å². The summed E-state index contributed by atoms with van der Waals surface area (Å²) in [6.07, 6.45) is 15.7. The van der Waals surface area contributed by atoms with Crippen molar-refractivity contribution in [1.29, 1.82) is 0 Å². The normalized spacial score (nSPS) is 32.8. The predicted molar refractivity (Wildman–Crippen MR) is 170 cm³/mol. The van der Waals surface area contributed by atoms with Crippen molar-refractivity contribution in [3.05, 3.63) is 0 Å². The van der Waals surface area contributed by atoms with Crippen molar-refractivity contribution >= 4 is 5.97 Å². The molecule has 4 aliphatic carbocycles. The van der Waals surface area contributed by atoms with Gasteiger partial charge in [-0.15, -0.1) is 0 Å². The number of carbonyl (C=O) groups is 1. The fraction of sp³-hybridized carbons (Fsp3) is 0.971. The second-order valence-electron chi connectivity index (χ2n) is 15.8. The molecule has 232 valence electrons. The van der Waals surface area contributed by atoms with E-state index < -0.39 is 5.97 Å². The molecule has 0 bridgehead atoms. The number of nitrogens with one attached hydrogen (secondary N) is 1. The molecule has 0 aliphatic heterocycles. The van der Waals surface area contributed by atoms with Gasteiger partial charge >= 0.3 is 5.97 Å². The van der Waals surface area contributed by atoms with E-state index in [-0.39, 0.29) is 5.92 Å². The molecule has 4 rings (SSSR count). The second kappa shape index (κ2) is 18.7. The molecule has 39 heavy (non-hydrogen) atoms. The molecule has 0 atom stereocenters. The fourth-order valence-electron chi connectivity index (χ4n) is 7.20. The zero-order valence-corrected chi connectivity index (χ0v) is 27.8. The van der Waals surface area contributed by atoms with E-state index >= 15 is 0 Å². The van der Waals surface area contributed by atoms with Crippen LogP contribution in [0.15, 0.2) is 0 Å². The van der Waals surface area contributed by atoms with Gasteiger partial charge in [-0.3, -0.25) is 4.79 Å². The Morgan fingerprint density at radius 2 is 1.00 bits per heavy atom. The second-order valence-corrected chi connectivity index (χ2v) is 15.8. The molecule has 0 saturated heterocycles. The Bertz CT molecular complexity index is 599. The maximum Gasteiger partial charge on any atom is 0.306 e. The number of carboxylic acids is 1.